The van der Waals surface area contributed by atoms with E-state index in [4.69, 9.17) is 36.8 Å². The first-order chi connectivity index (χ1) is 37.0. The fourth-order valence-corrected chi connectivity index (χ4v) is 9.62. The molecule has 0 bridgehead atoms. The minimum Gasteiger partial charge on any atom is -0.490 e. The zero-order chi connectivity index (χ0) is 57.0. The number of benzene rings is 4. The Hall–Kier alpha value is -7.24. The van der Waals surface area contributed by atoms with Crippen LogP contribution in [0.4, 0.5) is 13.2 Å². The molecule has 0 aliphatic heterocycles. The second-order valence-corrected chi connectivity index (χ2v) is 20.3. The molecule has 0 saturated heterocycles. The molecule has 0 aliphatic carbocycles. The lowest BCUT2D eigenvalue weighted by atomic mass is 9.86. The molecule has 0 spiro atoms. The van der Waals surface area contributed by atoms with Crippen molar-refractivity contribution in [2.24, 2.45) is 5.73 Å². The molecule has 78 heavy (non-hydrogen) atoms. The summed E-state index contributed by atoms with van der Waals surface area (Å²) in [4.78, 5) is 46.2. The number of fused-ring (bicyclic) bond motifs is 1. The molecule has 0 fully saturated rings. The first kappa shape index (κ1) is 60.0. The van der Waals surface area contributed by atoms with Crippen molar-refractivity contribution in [3.8, 4) is 40.1 Å². The molecular formula is C58H63BrClF3N8O7. The molecule has 15 nitrogen and oxygen atoms in total. The second-order valence-electron chi connectivity index (χ2n) is 19.0. The molecular weight excluding hydrogens is 1090 g/mol. The van der Waals surface area contributed by atoms with Gasteiger partial charge in [0.05, 0.1) is 38.6 Å². The lowest BCUT2D eigenvalue weighted by Crippen LogP contribution is -2.37. The van der Waals surface area contributed by atoms with Crippen LogP contribution in [-0.4, -0.2) is 84.5 Å². The second kappa shape index (κ2) is 26.9. The van der Waals surface area contributed by atoms with E-state index in [0.717, 1.165) is 62.2 Å². The maximum atomic E-state index is 13.1. The number of halogens is 5. The first-order valence-electron chi connectivity index (χ1n) is 25.3. The van der Waals surface area contributed by atoms with Gasteiger partial charge in [0, 0.05) is 73.1 Å². The highest BCUT2D eigenvalue weighted by Gasteiger charge is 2.39. The molecule has 0 saturated carbocycles. The van der Waals surface area contributed by atoms with E-state index in [1.807, 2.05) is 112 Å². The number of imidazole rings is 2. The summed E-state index contributed by atoms with van der Waals surface area (Å²) >= 11 is 10.1. The number of rotatable bonds is 21. The number of pyridine rings is 1. The number of aliphatic hydroxyl groups excluding tert-OH is 2. The van der Waals surface area contributed by atoms with Crippen molar-refractivity contribution >= 4 is 50.9 Å². The number of aliphatic hydroxyl groups is 2. The molecule has 0 radical (unpaired) electrons. The van der Waals surface area contributed by atoms with Crippen molar-refractivity contribution < 1.29 is 47.2 Å². The standard InChI is InChI=1S/C29H29BrN4O3.C29H34ClF3N4O4/c1-18(2)37-27-11-9-22(15-23(27)16-31)29(36)32-24(12-13-35)14-20-5-7-21(8-6-20)26-17-34-19(3)4-10-25(30)28(34)33-26;1-5-37-15-23(36-28(37)16(2)35-18(4)39)20-8-6-19(7-9-20)14-21(12-13-38)25-22(27(34)40)10-11-24(26(25)30)41-17(3)29(31,32)33/h4-11,15,17-18,24,35H,12-14H2,1-3H3,(H,32,36);6-11,15-17,21,38H,5,12-14H2,1-4H3,(H2,34,40)(H,35,39). The van der Waals surface area contributed by atoms with Gasteiger partial charge in [-0.3, -0.25) is 14.4 Å². The Balaban J connectivity index is 0.000000253. The van der Waals surface area contributed by atoms with E-state index in [2.05, 4.69) is 37.0 Å². The predicted octanol–water partition coefficient (Wildman–Crippen LogP) is 11.0. The average molecular weight is 1160 g/mol. The molecule has 6 N–H and O–H groups in total. The number of hydrogen-bond donors (Lipinski definition) is 5. The number of alkyl halides is 3. The molecule has 4 unspecified atom stereocenters. The Morgan fingerprint density at radius 2 is 1.45 bits per heavy atom. The average Bonchev–Trinajstić information content (AvgIpc) is 4.17. The van der Waals surface area contributed by atoms with E-state index in [1.54, 1.807) is 12.1 Å². The van der Waals surface area contributed by atoms with Crippen LogP contribution in [0, 0.1) is 18.3 Å². The number of nitrogens with two attached hydrogens (primary N) is 1. The maximum Gasteiger partial charge on any atom is 0.425 e. The van der Waals surface area contributed by atoms with Gasteiger partial charge in [0.15, 0.2) is 11.8 Å². The van der Waals surface area contributed by atoms with Crippen molar-refractivity contribution in [3.63, 3.8) is 0 Å². The highest BCUT2D eigenvalue weighted by atomic mass is 79.9. The predicted molar refractivity (Wildman–Crippen MR) is 296 cm³/mol. The quantitative estimate of drug-likeness (QED) is 0.0458. The number of aromatic nitrogens is 4. The van der Waals surface area contributed by atoms with Gasteiger partial charge in [-0.15, -0.1) is 0 Å². The van der Waals surface area contributed by atoms with Crippen LogP contribution in [0.1, 0.15) is 121 Å². The van der Waals surface area contributed by atoms with Gasteiger partial charge in [-0.05, 0) is 148 Å². The molecule has 7 aromatic rings. The van der Waals surface area contributed by atoms with Gasteiger partial charge in [-0.1, -0.05) is 60.1 Å². The Labute approximate surface area is 464 Å². The van der Waals surface area contributed by atoms with E-state index >= 15 is 0 Å². The fourth-order valence-electron chi connectivity index (χ4n) is 8.84. The zero-order valence-corrected chi connectivity index (χ0v) is 46.6. The van der Waals surface area contributed by atoms with Crippen molar-refractivity contribution in [2.45, 2.75) is 117 Å². The van der Waals surface area contributed by atoms with E-state index in [1.165, 1.54) is 25.1 Å². The van der Waals surface area contributed by atoms with Gasteiger partial charge in [-0.25, -0.2) is 9.97 Å². The van der Waals surface area contributed by atoms with E-state index in [9.17, 15) is 43.0 Å². The third-order valence-electron chi connectivity index (χ3n) is 12.8. The van der Waals surface area contributed by atoms with E-state index < -0.39 is 24.1 Å². The van der Waals surface area contributed by atoms with Crippen molar-refractivity contribution in [1.29, 1.82) is 5.26 Å². The molecule has 7 rings (SSSR count). The number of primary amides is 1. The number of amides is 3. The normalized spacial score (nSPS) is 12.9. The van der Waals surface area contributed by atoms with Crippen LogP contribution < -0.4 is 25.8 Å². The van der Waals surface area contributed by atoms with Crippen LogP contribution in [0.25, 0.3) is 28.2 Å². The summed E-state index contributed by atoms with van der Waals surface area (Å²) in [6.07, 6.45) is -1.45. The number of carbonyl (C=O) groups excluding carboxylic acids is 3. The summed E-state index contributed by atoms with van der Waals surface area (Å²) in [6, 6.07) is 28.4. The van der Waals surface area contributed by atoms with Crippen LogP contribution >= 0.6 is 27.5 Å². The monoisotopic (exact) mass is 1150 g/mol. The number of nitrogens with zero attached hydrogens (tertiary/aromatic N) is 5. The Kier molecular flexibility index (Phi) is 20.7. The van der Waals surface area contributed by atoms with Crippen LogP contribution in [0.3, 0.4) is 0 Å². The lowest BCUT2D eigenvalue weighted by molar-refractivity contribution is -0.189. The number of carbonyl (C=O) groups is 3. The van der Waals surface area contributed by atoms with Crippen LogP contribution in [0.2, 0.25) is 5.02 Å². The first-order valence-corrected chi connectivity index (χ1v) is 26.5. The van der Waals surface area contributed by atoms with Gasteiger partial charge in [0.2, 0.25) is 11.8 Å². The lowest BCUT2D eigenvalue weighted by Gasteiger charge is -2.24. The molecule has 4 atom stereocenters. The Morgan fingerprint density at radius 1 is 0.833 bits per heavy atom. The largest absolute Gasteiger partial charge is 0.490 e. The van der Waals surface area contributed by atoms with Gasteiger partial charge in [-0.2, -0.15) is 18.4 Å². The maximum absolute atomic E-state index is 13.1. The van der Waals surface area contributed by atoms with Crippen molar-refractivity contribution in [3.05, 3.63) is 158 Å². The minimum absolute atomic E-state index is 0.0445. The highest BCUT2D eigenvalue weighted by Crippen LogP contribution is 2.40. The third-order valence-corrected chi connectivity index (χ3v) is 13.8. The molecule has 4 aromatic carbocycles. The Morgan fingerprint density at radius 3 is 2.00 bits per heavy atom. The molecule has 412 valence electrons. The van der Waals surface area contributed by atoms with Crippen molar-refractivity contribution in [2.75, 3.05) is 13.2 Å². The number of hydrogen-bond acceptors (Lipinski definition) is 10. The minimum atomic E-state index is -4.62. The number of nitrogens with one attached hydrogen (secondary N) is 2. The smallest absolute Gasteiger partial charge is 0.425 e. The van der Waals surface area contributed by atoms with Crippen molar-refractivity contribution in [1.82, 2.24) is 29.6 Å². The number of aryl methyl sites for hydroxylation is 2. The molecule has 0 aliphatic rings. The van der Waals surface area contributed by atoms with E-state index in [0.29, 0.717) is 42.7 Å². The fraction of sp³-hybridized carbons (Fsp3) is 0.345. The molecule has 3 heterocycles. The topological polar surface area (TPSA) is 219 Å². The number of ether oxygens (including phenoxy) is 2. The zero-order valence-electron chi connectivity index (χ0n) is 44.3. The van der Waals surface area contributed by atoms with Crippen LogP contribution in [0.5, 0.6) is 11.5 Å². The summed E-state index contributed by atoms with van der Waals surface area (Å²) in [6.45, 7) is 12.3. The van der Waals surface area contributed by atoms with Gasteiger partial charge in [0.1, 0.15) is 23.4 Å². The number of nitriles is 1. The summed E-state index contributed by atoms with van der Waals surface area (Å²) < 4.78 is 55.1. The van der Waals surface area contributed by atoms with Gasteiger partial charge < -0.3 is 45.0 Å². The Bertz CT molecular complexity index is 3230. The molecule has 20 heteroatoms. The van der Waals surface area contributed by atoms with E-state index in [-0.39, 0.29) is 71.5 Å². The van der Waals surface area contributed by atoms with Crippen LogP contribution in [-0.2, 0) is 24.2 Å². The van der Waals surface area contributed by atoms with Crippen LogP contribution in [0.15, 0.2) is 108 Å². The summed E-state index contributed by atoms with van der Waals surface area (Å²) in [5, 5.41) is 34.5. The van der Waals surface area contributed by atoms with Gasteiger partial charge in [0.25, 0.3) is 5.91 Å². The summed E-state index contributed by atoms with van der Waals surface area (Å²) in [5.41, 5.74) is 13.8. The highest BCUT2D eigenvalue weighted by molar-refractivity contribution is 9.10. The molecule has 3 amide bonds. The SMILES string of the molecule is CCn1cc(-c2ccc(CC(CCO)c3c(C(N)=O)ccc(OC(C)C(F)(F)F)c3Cl)cc2)nc1C(C)NC(C)=O.Cc1ccc(Br)c2nc(-c3ccc(CC(CCO)NC(=O)c4ccc(OC(C)C)c(C#N)c4)cc3)cn12. The molecule has 3 aromatic heterocycles. The third kappa shape index (κ3) is 15.3. The summed E-state index contributed by atoms with van der Waals surface area (Å²) in [5.74, 6) is -0.854. The summed E-state index contributed by atoms with van der Waals surface area (Å²) in [7, 11) is 0. The van der Waals surface area contributed by atoms with Gasteiger partial charge >= 0.3 is 6.18 Å².